The summed E-state index contributed by atoms with van der Waals surface area (Å²) in [5, 5.41) is 1.03. The van der Waals surface area contributed by atoms with Gasteiger partial charge in [-0.15, -0.1) is 0 Å². The van der Waals surface area contributed by atoms with Crippen LogP contribution in [0.3, 0.4) is 0 Å². The number of nitrogens with zero attached hydrogens (tertiary/aromatic N) is 2. The Labute approximate surface area is 124 Å². The largest absolute Gasteiger partial charge is 0.401 e. The van der Waals surface area contributed by atoms with Crippen molar-refractivity contribution in [3.63, 3.8) is 0 Å². The molecule has 0 aliphatic carbocycles. The van der Waals surface area contributed by atoms with Gasteiger partial charge in [0.1, 0.15) is 12.2 Å². The van der Waals surface area contributed by atoms with E-state index < -0.39 is 0 Å². The highest BCUT2D eigenvalue weighted by Gasteiger charge is 2.09. The molecule has 2 aromatic heterocycles. The third-order valence-electron chi connectivity index (χ3n) is 2.59. The highest BCUT2D eigenvalue weighted by atomic mass is 79.9. The Kier molecular flexibility index (Phi) is 4.50. The number of hydrogen-bond donors (Lipinski definition) is 2. The summed E-state index contributed by atoms with van der Waals surface area (Å²) in [6.45, 7) is 0. The summed E-state index contributed by atoms with van der Waals surface area (Å²) in [5.74, 6) is 0. The van der Waals surface area contributed by atoms with E-state index in [0.29, 0.717) is 10.5 Å². The van der Waals surface area contributed by atoms with Crippen molar-refractivity contribution in [3.05, 3.63) is 40.8 Å². The van der Waals surface area contributed by atoms with Gasteiger partial charge in [-0.1, -0.05) is 27.5 Å². The van der Waals surface area contributed by atoms with Crippen molar-refractivity contribution in [2.45, 2.75) is 0 Å². The van der Waals surface area contributed by atoms with E-state index in [1.807, 2.05) is 25.4 Å². The fourth-order valence-electron chi connectivity index (χ4n) is 1.71. The number of nitrogens with two attached hydrogens (primary N) is 1. The van der Waals surface area contributed by atoms with Gasteiger partial charge in [0, 0.05) is 22.8 Å². The Bertz CT molecular complexity index is 667. The van der Waals surface area contributed by atoms with Crippen molar-refractivity contribution in [1.82, 2.24) is 9.97 Å². The quantitative estimate of drug-likeness (QED) is 0.500. The molecule has 0 aromatic carbocycles. The molecular formula is C13H13BrClN4+. The van der Waals surface area contributed by atoms with Crippen LogP contribution in [-0.2, 0) is 0 Å². The van der Waals surface area contributed by atoms with Crippen LogP contribution in [0.25, 0.3) is 16.6 Å². The summed E-state index contributed by atoms with van der Waals surface area (Å²) < 4.78 is 0. The molecule has 98 valence electrons. The summed E-state index contributed by atoms with van der Waals surface area (Å²) >= 11 is 9.25. The lowest BCUT2D eigenvalue weighted by Gasteiger charge is -2.05. The average molecular weight is 341 g/mol. The van der Waals surface area contributed by atoms with Gasteiger partial charge < -0.3 is 5.73 Å². The van der Waals surface area contributed by atoms with E-state index >= 15 is 0 Å². The van der Waals surface area contributed by atoms with E-state index in [2.05, 4.69) is 30.9 Å². The number of fused-ring (bicyclic) bond motifs is 1. The van der Waals surface area contributed by atoms with Crippen molar-refractivity contribution < 1.29 is 4.99 Å². The molecule has 2 rings (SSSR count). The first-order valence-corrected chi connectivity index (χ1v) is 7.13. The van der Waals surface area contributed by atoms with Gasteiger partial charge in [-0.3, -0.25) is 9.98 Å². The summed E-state index contributed by atoms with van der Waals surface area (Å²) in [5.41, 5.74) is 10.0. The molecule has 2 heterocycles. The molecule has 19 heavy (non-hydrogen) atoms. The zero-order valence-electron chi connectivity index (χ0n) is 10.3. The zero-order valence-corrected chi connectivity index (χ0v) is 12.7. The van der Waals surface area contributed by atoms with E-state index in [-0.39, 0.29) is 0 Å². The number of alkyl halides is 1. The molecule has 0 atom stereocenters. The molecule has 0 unspecified atom stereocenters. The first-order valence-electron chi connectivity index (χ1n) is 5.63. The van der Waals surface area contributed by atoms with Gasteiger partial charge in [0.25, 0.3) is 0 Å². The molecule has 0 amide bonds. The highest BCUT2D eigenvalue weighted by Crippen LogP contribution is 2.20. The SMILES string of the molecule is C[NH+]=CC(=C(N)CBr)c1cnc2ccc(Cl)nc2c1. The third kappa shape index (κ3) is 3.11. The molecule has 3 N–H and O–H groups in total. The summed E-state index contributed by atoms with van der Waals surface area (Å²) in [6.07, 6.45) is 3.61. The number of rotatable bonds is 3. The fraction of sp³-hybridized carbons (Fsp3) is 0.154. The van der Waals surface area contributed by atoms with E-state index in [1.165, 1.54) is 0 Å². The van der Waals surface area contributed by atoms with E-state index in [1.54, 1.807) is 12.3 Å². The number of pyridine rings is 2. The fourth-order valence-corrected chi connectivity index (χ4v) is 2.16. The lowest BCUT2D eigenvalue weighted by Crippen LogP contribution is -2.63. The Morgan fingerprint density at radius 2 is 2.26 bits per heavy atom. The second kappa shape index (κ2) is 6.12. The summed E-state index contributed by atoms with van der Waals surface area (Å²) in [7, 11) is 1.82. The second-order valence-electron chi connectivity index (χ2n) is 3.90. The zero-order chi connectivity index (χ0) is 13.8. The van der Waals surface area contributed by atoms with Gasteiger partial charge >= 0.3 is 0 Å². The van der Waals surface area contributed by atoms with E-state index in [9.17, 15) is 0 Å². The third-order valence-corrected chi connectivity index (χ3v) is 3.41. The van der Waals surface area contributed by atoms with Gasteiger partial charge in [0.2, 0.25) is 0 Å². The van der Waals surface area contributed by atoms with Crippen molar-refractivity contribution in [2.24, 2.45) is 5.73 Å². The van der Waals surface area contributed by atoms with Crippen LogP contribution in [0.15, 0.2) is 30.1 Å². The minimum atomic E-state index is 0.447. The Morgan fingerprint density at radius 1 is 1.47 bits per heavy atom. The van der Waals surface area contributed by atoms with Crippen LogP contribution in [0.4, 0.5) is 0 Å². The number of halogens is 2. The minimum Gasteiger partial charge on any atom is -0.401 e. The number of nitrogens with one attached hydrogen (secondary N) is 1. The summed E-state index contributed by atoms with van der Waals surface area (Å²) in [6, 6.07) is 5.49. The Balaban J connectivity index is 2.61. The van der Waals surface area contributed by atoms with Crippen LogP contribution in [0, 0.1) is 0 Å². The maximum Gasteiger partial charge on any atom is 0.171 e. The van der Waals surface area contributed by atoms with E-state index in [4.69, 9.17) is 17.3 Å². The molecule has 0 saturated heterocycles. The smallest absolute Gasteiger partial charge is 0.171 e. The van der Waals surface area contributed by atoms with Crippen LogP contribution in [0.5, 0.6) is 0 Å². The molecule has 0 spiro atoms. The monoisotopic (exact) mass is 339 g/mol. The normalized spacial score (nSPS) is 13.0. The topological polar surface area (TPSA) is 65.8 Å². The predicted molar refractivity (Wildman–Crippen MR) is 82.4 cm³/mol. The predicted octanol–water partition coefficient (Wildman–Crippen LogP) is 1.13. The standard InChI is InChI=1S/C13H12BrClN4/c1-17-7-9(10(16)5-14)8-4-12-11(18-6-8)2-3-13(15)19-12/h2-4,6-7H,5,16H2,1H3/p+1. The van der Waals surface area contributed by atoms with Crippen molar-refractivity contribution in [1.29, 1.82) is 0 Å². The van der Waals surface area contributed by atoms with Gasteiger partial charge in [-0.05, 0) is 18.2 Å². The molecule has 0 aliphatic rings. The van der Waals surface area contributed by atoms with E-state index in [0.717, 1.165) is 27.9 Å². The Morgan fingerprint density at radius 3 is 2.95 bits per heavy atom. The van der Waals surface area contributed by atoms with Crippen LogP contribution in [0.2, 0.25) is 5.15 Å². The lowest BCUT2D eigenvalue weighted by molar-refractivity contribution is -0.412. The first-order chi connectivity index (χ1) is 9.15. The second-order valence-corrected chi connectivity index (χ2v) is 4.85. The Hall–Kier alpha value is -1.46. The first kappa shape index (κ1) is 14.0. The van der Waals surface area contributed by atoms with Gasteiger partial charge in [-0.2, -0.15) is 0 Å². The van der Waals surface area contributed by atoms with Crippen LogP contribution in [-0.4, -0.2) is 28.6 Å². The molecule has 0 saturated carbocycles. The lowest BCUT2D eigenvalue weighted by atomic mass is 10.1. The molecule has 0 aliphatic heterocycles. The molecular weight excluding hydrogens is 328 g/mol. The van der Waals surface area contributed by atoms with Gasteiger partial charge in [0.05, 0.1) is 16.6 Å². The number of aromatic nitrogens is 2. The average Bonchev–Trinajstić information content (AvgIpc) is 2.43. The van der Waals surface area contributed by atoms with Gasteiger partial charge in [0.15, 0.2) is 6.21 Å². The van der Waals surface area contributed by atoms with Crippen molar-refractivity contribution in [2.75, 3.05) is 12.4 Å². The molecule has 0 radical (unpaired) electrons. The molecule has 4 nitrogen and oxygen atoms in total. The van der Waals surface area contributed by atoms with Crippen LogP contribution in [0.1, 0.15) is 5.56 Å². The van der Waals surface area contributed by atoms with Gasteiger partial charge in [-0.25, -0.2) is 4.98 Å². The van der Waals surface area contributed by atoms with Crippen LogP contribution < -0.4 is 10.7 Å². The van der Waals surface area contributed by atoms with Crippen molar-refractivity contribution in [3.8, 4) is 0 Å². The van der Waals surface area contributed by atoms with Crippen LogP contribution >= 0.6 is 27.5 Å². The summed E-state index contributed by atoms with van der Waals surface area (Å²) in [4.78, 5) is 11.6. The highest BCUT2D eigenvalue weighted by molar-refractivity contribution is 9.09. The minimum absolute atomic E-state index is 0.447. The number of hydrogen-bond acceptors (Lipinski definition) is 3. The van der Waals surface area contributed by atoms with Crippen molar-refractivity contribution >= 4 is 50.4 Å². The molecule has 6 heteroatoms. The molecule has 0 bridgehead atoms. The maximum atomic E-state index is 6.00. The molecule has 0 fully saturated rings. The number of allylic oxidation sites excluding steroid dienone is 2. The maximum absolute atomic E-state index is 6.00. The molecule has 2 aromatic rings.